The molecule has 0 bridgehead atoms. The summed E-state index contributed by atoms with van der Waals surface area (Å²) in [5.74, 6) is -0.888. The van der Waals surface area contributed by atoms with Gasteiger partial charge < -0.3 is 14.2 Å². The molecule has 0 unspecified atom stereocenters. The van der Waals surface area contributed by atoms with Crippen LogP contribution in [0.15, 0.2) is 24.3 Å². The van der Waals surface area contributed by atoms with Crippen molar-refractivity contribution in [1.29, 1.82) is 0 Å². The molecular weight excluding hydrogens is 440 g/mol. The molecule has 2 rings (SSSR count). The first-order chi connectivity index (χ1) is 17.2. The molecule has 1 heterocycles. The van der Waals surface area contributed by atoms with Crippen LogP contribution in [-0.2, 0) is 14.2 Å². The minimum absolute atomic E-state index is 0.293. The second-order valence-electron chi connectivity index (χ2n) is 9.38. The summed E-state index contributed by atoms with van der Waals surface area (Å²) in [6.45, 7) is 7.17. The Balaban J connectivity index is 0.000000744. The van der Waals surface area contributed by atoms with E-state index in [1.165, 1.54) is 77.0 Å². The van der Waals surface area contributed by atoms with Crippen molar-refractivity contribution in [3.05, 3.63) is 35.4 Å². The van der Waals surface area contributed by atoms with Gasteiger partial charge in [-0.15, -0.1) is 0 Å². The van der Waals surface area contributed by atoms with Gasteiger partial charge in [0.2, 0.25) is 0 Å². The van der Waals surface area contributed by atoms with Crippen LogP contribution in [0, 0.1) is 0 Å². The maximum Gasteiger partial charge on any atom is 0.339 e. The summed E-state index contributed by atoms with van der Waals surface area (Å²) in [6.07, 6.45) is 18.9. The maximum absolute atomic E-state index is 12.4. The van der Waals surface area contributed by atoms with Crippen molar-refractivity contribution >= 4 is 11.9 Å². The van der Waals surface area contributed by atoms with E-state index in [9.17, 15) is 9.59 Å². The van der Waals surface area contributed by atoms with Crippen LogP contribution in [0.2, 0.25) is 0 Å². The van der Waals surface area contributed by atoms with Crippen molar-refractivity contribution in [3.63, 3.8) is 0 Å². The van der Waals surface area contributed by atoms with E-state index in [0.29, 0.717) is 24.3 Å². The lowest BCUT2D eigenvalue weighted by Gasteiger charge is -2.10. The zero-order chi connectivity index (χ0) is 25.4. The van der Waals surface area contributed by atoms with Crippen LogP contribution in [0.1, 0.15) is 137 Å². The van der Waals surface area contributed by atoms with Gasteiger partial charge in [-0.25, -0.2) is 9.59 Å². The number of carbonyl (C=O) groups excluding carboxylic acids is 2. The SMILES string of the molecule is C1CCCOCC1.CCCCCCCCOC(=O)c1ccccc1C(=O)OCCCCCCCC. The molecule has 0 saturated carbocycles. The smallest absolute Gasteiger partial charge is 0.339 e. The molecule has 0 aromatic heterocycles. The van der Waals surface area contributed by atoms with Crippen LogP contribution in [-0.4, -0.2) is 38.4 Å². The first-order valence-corrected chi connectivity index (χ1v) is 14.2. The predicted molar refractivity (Wildman–Crippen MR) is 143 cm³/mol. The zero-order valence-corrected chi connectivity index (χ0v) is 22.5. The van der Waals surface area contributed by atoms with E-state index >= 15 is 0 Å². The van der Waals surface area contributed by atoms with E-state index in [1.54, 1.807) is 24.3 Å². The van der Waals surface area contributed by atoms with Gasteiger partial charge in [-0.2, -0.15) is 0 Å². The molecule has 0 radical (unpaired) electrons. The van der Waals surface area contributed by atoms with Crippen LogP contribution in [0.3, 0.4) is 0 Å². The van der Waals surface area contributed by atoms with E-state index in [2.05, 4.69) is 13.8 Å². The topological polar surface area (TPSA) is 61.8 Å². The van der Waals surface area contributed by atoms with Crippen molar-refractivity contribution in [2.24, 2.45) is 0 Å². The van der Waals surface area contributed by atoms with E-state index in [1.807, 2.05) is 0 Å². The third kappa shape index (κ3) is 16.4. The molecule has 1 aliphatic rings. The number of rotatable bonds is 16. The summed E-state index contributed by atoms with van der Waals surface area (Å²) in [7, 11) is 0. The fourth-order valence-corrected chi connectivity index (χ4v) is 3.95. The summed E-state index contributed by atoms with van der Waals surface area (Å²) < 4.78 is 15.9. The summed E-state index contributed by atoms with van der Waals surface area (Å²) in [4.78, 5) is 24.7. The Morgan fingerprint density at radius 1 is 0.629 bits per heavy atom. The van der Waals surface area contributed by atoms with E-state index in [0.717, 1.165) is 38.9 Å². The van der Waals surface area contributed by atoms with Crippen LogP contribution in [0.4, 0.5) is 0 Å². The van der Waals surface area contributed by atoms with Gasteiger partial charge in [0.05, 0.1) is 24.3 Å². The maximum atomic E-state index is 12.4. The number of hydrogen-bond acceptors (Lipinski definition) is 5. The van der Waals surface area contributed by atoms with Gasteiger partial charge in [0, 0.05) is 13.2 Å². The second-order valence-corrected chi connectivity index (χ2v) is 9.38. The molecule has 0 N–H and O–H groups in total. The number of carbonyl (C=O) groups is 2. The molecule has 0 aliphatic carbocycles. The van der Waals surface area contributed by atoms with Crippen LogP contribution in [0.25, 0.3) is 0 Å². The van der Waals surface area contributed by atoms with Crippen LogP contribution in [0.5, 0.6) is 0 Å². The van der Waals surface area contributed by atoms with Crippen molar-refractivity contribution in [2.45, 2.75) is 117 Å². The molecule has 5 nitrogen and oxygen atoms in total. The summed E-state index contributed by atoms with van der Waals surface area (Å²) in [6, 6.07) is 6.74. The van der Waals surface area contributed by atoms with E-state index < -0.39 is 11.9 Å². The fourth-order valence-electron chi connectivity index (χ4n) is 3.95. The quantitative estimate of drug-likeness (QED) is 0.172. The van der Waals surface area contributed by atoms with Crippen molar-refractivity contribution < 1.29 is 23.8 Å². The van der Waals surface area contributed by atoms with Crippen molar-refractivity contribution in [3.8, 4) is 0 Å². The summed E-state index contributed by atoms with van der Waals surface area (Å²) >= 11 is 0. The molecule has 1 aromatic carbocycles. The van der Waals surface area contributed by atoms with Crippen LogP contribution < -0.4 is 0 Å². The van der Waals surface area contributed by atoms with Gasteiger partial charge in [0.1, 0.15) is 0 Å². The highest BCUT2D eigenvalue weighted by atomic mass is 16.5. The average molecular weight is 491 g/mol. The molecule has 5 heteroatoms. The Labute approximate surface area is 214 Å². The molecular formula is C30H50O5. The largest absolute Gasteiger partial charge is 0.462 e. The molecule has 1 aromatic rings. The zero-order valence-electron chi connectivity index (χ0n) is 22.5. The van der Waals surface area contributed by atoms with Crippen molar-refractivity contribution in [2.75, 3.05) is 26.4 Å². The first kappa shape index (κ1) is 31.2. The highest BCUT2D eigenvalue weighted by Gasteiger charge is 2.18. The monoisotopic (exact) mass is 490 g/mol. The van der Waals surface area contributed by atoms with E-state index in [4.69, 9.17) is 14.2 Å². The molecule has 200 valence electrons. The van der Waals surface area contributed by atoms with E-state index in [-0.39, 0.29) is 0 Å². The lowest BCUT2D eigenvalue weighted by Crippen LogP contribution is -2.15. The summed E-state index contributed by atoms with van der Waals surface area (Å²) in [5.41, 5.74) is 0.586. The standard InChI is InChI=1S/C24H38O4.C6H12O/c1-3-5-7-9-11-15-19-27-23(25)21-17-13-14-18-22(21)24(26)28-20-16-12-10-8-6-4-2;1-2-4-6-7-5-3-1/h13-14,17-18H,3-12,15-16,19-20H2,1-2H3;1-6H2. The lowest BCUT2D eigenvalue weighted by atomic mass is 10.1. The minimum Gasteiger partial charge on any atom is -0.462 e. The minimum atomic E-state index is -0.444. The molecule has 1 fully saturated rings. The Morgan fingerprint density at radius 3 is 1.46 bits per heavy atom. The summed E-state index contributed by atoms with van der Waals surface area (Å²) in [5, 5.41) is 0. The highest BCUT2D eigenvalue weighted by Crippen LogP contribution is 2.14. The Morgan fingerprint density at radius 2 is 1.03 bits per heavy atom. The second kappa shape index (κ2) is 22.6. The fraction of sp³-hybridized carbons (Fsp3) is 0.733. The lowest BCUT2D eigenvalue weighted by molar-refractivity contribution is 0.0450. The van der Waals surface area contributed by atoms with Gasteiger partial charge >= 0.3 is 11.9 Å². The van der Waals surface area contributed by atoms with Gasteiger partial charge in [0.25, 0.3) is 0 Å². The number of ether oxygens (including phenoxy) is 3. The number of hydrogen-bond donors (Lipinski definition) is 0. The number of esters is 2. The Bertz CT molecular complexity index is 589. The Hall–Kier alpha value is -1.88. The highest BCUT2D eigenvalue weighted by molar-refractivity contribution is 6.03. The first-order valence-electron chi connectivity index (χ1n) is 14.2. The van der Waals surface area contributed by atoms with Crippen LogP contribution >= 0.6 is 0 Å². The molecule has 35 heavy (non-hydrogen) atoms. The number of unbranched alkanes of at least 4 members (excludes halogenated alkanes) is 10. The average Bonchev–Trinajstić information content (AvgIpc) is 3.21. The van der Waals surface area contributed by atoms with Crippen molar-refractivity contribution in [1.82, 2.24) is 0 Å². The molecule has 0 atom stereocenters. The van der Waals surface area contributed by atoms with Gasteiger partial charge in [-0.1, -0.05) is 103 Å². The predicted octanol–water partition coefficient (Wildman–Crippen LogP) is 8.30. The molecule has 1 saturated heterocycles. The molecule has 1 aliphatic heterocycles. The third-order valence-corrected chi connectivity index (χ3v) is 6.16. The molecule has 0 spiro atoms. The Kier molecular flexibility index (Phi) is 20.1. The van der Waals surface area contributed by atoms with Gasteiger partial charge in [-0.05, 0) is 37.8 Å². The normalized spacial score (nSPS) is 13.3. The number of benzene rings is 1. The molecule has 0 amide bonds. The third-order valence-electron chi connectivity index (χ3n) is 6.16. The van der Waals surface area contributed by atoms with Gasteiger partial charge in [0.15, 0.2) is 0 Å². The van der Waals surface area contributed by atoms with Gasteiger partial charge in [-0.3, -0.25) is 0 Å².